The zero-order valence-electron chi connectivity index (χ0n) is 13.0. The van der Waals surface area contributed by atoms with Crippen LogP contribution in [0.5, 0.6) is 11.5 Å². The smallest absolute Gasteiger partial charge is 0.339 e. The standard InChI is InChI=1S/C17H16N2O5/c1-11(24-17(21)13-4-6-18-7-5-13)16(20)19-9-12-2-3-14-15(8-12)23-10-22-14/h2-8,11H,9-10H2,1H3,(H,19,20)/t11-/m1/s1. The topological polar surface area (TPSA) is 86.8 Å². The number of hydrogen-bond donors (Lipinski definition) is 1. The first-order valence-corrected chi connectivity index (χ1v) is 7.41. The fourth-order valence-corrected chi connectivity index (χ4v) is 2.15. The number of aromatic nitrogens is 1. The molecule has 24 heavy (non-hydrogen) atoms. The molecule has 1 atom stereocenters. The number of hydrogen-bond acceptors (Lipinski definition) is 6. The molecule has 124 valence electrons. The maximum absolute atomic E-state index is 12.1. The summed E-state index contributed by atoms with van der Waals surface area (Å²) in [6, 6.07) is 8.48. The van der Waals surface area contributed by atoms with Crippen LogP contribution in [0.15, 0.2) is 42.7 Å². The molecule has 3 rings (SSSR count). The van der Waals surface area contributed by atoms with Crippen molar-refractivity contribution in [2.75, 3.05) is 6.79 Å². The van der Waals surface area contributed by atoms with Crippen molar-refractivity contribution in [2.24, 2.45) is 0 Å². The van der Waals surface area contributed by atoms with Crippen LogP contribution in [0.1, 0.15) is 22.8 Å². The average molecular weight is 328 g/mol. The molecule has 1 aromatic heterocycles. The third-order valence-corrected chi connectivity index (χ3v) is 3.47. The summed E-state index contributed by atoms with van der Waals surface area (Å²) >= 11 is 0. The summed E-state index contributed by atoms with van der Waals surface area (Å²) in [5, 5.41) is 2.72. The van der Waals surface area contributed by atoms with Crippen LogP contribution in [0, 0.1) is 0 Å². The lowest BCUT2D eigenvalue weighted by molar-refractivity contribution is -0.129. The summed E-state index contributed by atoms with van der Waals surface area (Å²) in [5.41, 5.74) is 1.21. The number of esters is 1. The highest BCUT2D eigenvalue weighted by atomic mass is 16.7. The van der Waals surface area contributed by atoms with Crippen LogP contribution in [0.2, 0.25) is 0 Å². The van der Waals surface area contributed by atoms with Gasteiger partial charge in [0.1, 0.15) is 0 Å². The predicted molar refractivity (Wildman–Crippen MR) is 83.5 cm³/mol. The third kappa shape index (κ3) is 3.62. The van der Waals surface area contributed by atoms with E-state index in [1.807, 2.05) is 6.07 Å². The molecule has 1 N–H and O–H groups in total. The molecule has 1 amide bonds. The van der Waals surface area contributed by atoms with Crippen molar-refractivity contribution in [2.45, 2.75) is 19.6 Å². The quantitative estimate of drug-likeness (QED) is 0.840. The minimum Gasteiger partial charge on any atom is -0.454 e. The van der Waals surface area contributed by atoms with E-state index >= 15 is 0 Å². The van der Waals surface area contributed by atoms with E-state index in [-0.39, 0.29) is 12.7 Å². The van der Waals surface area contributed by atoms with Crippen molar-refractivity contribution < 1.29 is 23.8 Å². The van der Waals surface area contributed by atoms with Crippen LogP contribution in [-0.2, 0) is 16.1 Å². The highest BCUT2D eigenvalue weighted by Crippen LogP contribution is 2.32. The van der Waals surface area contributed by atoms with Gasteiger partial charge in [-0.3, -0.25) is 9.78 Å². The molecule has 0 unspecified atom stereocenters. The molecule has 0 radical (unpaired) electrons. The lowest BCUT2D eigenvalue weighted by atomic mass is 10.2. The highest BCUT2D eigenvalue weighted by Gasteiger charge is 2.19. The van der Waals surface area contributed by atoms with Gasteiger partial charge in [0.15, 0.2) is 17.6 Å². The minimum absolute atomic E-state index is 0.202. The molecule has 0 saturated heterocycles. The Hall–Kier alpha value is -3.09. The van der Waals surface area contributed by atoms with Crippen LogP contribution in [0.25, 0.3) is 0 Å². The maximum atomic E-state index is 12.1. The van der Waals surface area contributed by atoms with Crippen molar-refractivity contribution >= 4 is 11.9 Å². The Morgan fingerprint density at radius 2 is 1.96 bits per heavy atom. The van der Waals surface area contributed by atoms with Gasteiger partial charge in [0.25, 0.3) is 5.91 Å². The number of rotatable bonds is 5. The average Bonchev–Trinajstić information content (AvgIpc) is 3.08. The molecule has 0 aliphatic carbocycles. The molecule has 1 aliphatic heterocycles. The van der Waals surface area contributed by atoms with Gasteiger partial charge in [-0.2, -0.15) is 0 Å². The summed E-state index contributed by atoms with van der Waals surface area (Å²) in [5.74, 6) is 0.391. The Kier molecular flexibility index (Phi) is 4.60. The van der Waals surface area contributed by atoms with Gasteiger partial charge < -0.3 is 19.5 Å². The van der Waals surface area contributed by atoms with E-state index in [1.165, 1.54) is 31.5 Å². The summed E-state index contributed by atoms with van der Waals surface area (Å²) in [6.45, 7) is 2.02. The Morgan fingerprint density at radius 3 is 2.75 bits per heavy atom. The first-order chi connectivity index (χ1) is 11.6. The first-order valence-electron chi connectivity index (χ1n) is 7.41. The van der Waals surface area contributed by atoms with E-state index in [2.05, 4.69) is 10.3 Å². The van der Waals surface area contributed by atoms with E-state index in [1.54, 1.807) is 12.1 Å². The van der Waals surface area contributed by atoms with E-state index in [0.29, 0.717) is 23.6 Å². The maximum Gasteiger partial charge on any atom is 0.339 e. The van der Waals surface area contributed by atoms with Crippen LogP contribution in [0.3, 0.4) is 0 Å². The van der Waals surface area contributed by atoms with Crippen LogP contribution >= 0.6 is 0 Å². The molecule has 0 spiro atoms. The van der Waals surface area contributed by atoms with Crippen molar-refractivity contribution in [3.05, 3.63) is 53.9 Å². The Bertz CT molecular complexity index is 748. The van der Waals surface area contributed by atoms with Gasteiger partial charge in [-0.05, 0) is 36.8 Å². The molecule has 0 bridgehead atoms. The fraction of sp³-hybridized carbons (Fsp3) is 0.235. The Balaban J connectivity index is 1.52. The third-order valence-electron chi connectivity index (χ3n) is 3.47. The number of nitrogens with one attached hydrogen (secondary N) is 1. The van der Waals surface area contributed by atoms with Crippen molar-refractivity contribution in [1.82, 2.24) is 10.3 Å². The summed E-state index contributed by atoms with van der Waals surface area (Å²) < 4.78 is 15.7. The second-order valence-electron chi connectivity index (χ2n) is 5.19. The molecular formula is C17H16N2O5. The minimum atomic E-state index is -0.903. The molecule has 0 fully saturated rings. The summed E-state index contributed by atoms with van der Waals surface area (Å²) in [6.07, 6.45) is 2.07. The lowest BCUT2D eigenvalue weighted by Crippen LogP contribution is -2.35. The van der Waals surface area contributed by atoms with Gasteiger partial charge in [0, 0.05) is 18.9 Å². The number of pyridine rings is 1. The van der Waals surface area contributed by atoms with Gasteiger partial charge in [-0.15, -0.1) is 0 Å². The summed E-state index contributed by atoms with van der Waals surface area (Å²) in [4.78, 5) is 27.8. The number of nitrogens with zero attached hydrogens (tertiary/aromatic N) is 1. The number of ether oxygens (including phenoxy) is 3. The second kappa shape index (κ2) is 6.99. The zero-order chi connectivity index (χ0) is 16.9. The molecule has 1 aromatic carbocycles. The van der Waals surface area contributed by atoms with Gasteiger partial charge >= 0.3 is 5.97 Å². The molecule has 0 saturated carbocycles. The van der Waals surface area contributed by atoms with Gasteiger partial charge in [0.2, 0.25) is 6.79 Å². The summed E-state index contributed by atoms with van der Waals surface area (Å²) in [7, 11) is 0. The monoisotopic (exact) mass is 328 g/mol. The van der Waals surface area contributed by atoms with Crippen molar-refractivity contribution in [3.63, 3.8) is 0 Å². The Morgan fingerprint density at radius 1 is 1.21 bits per heavy atom. The number of amides is 1. The number of carbonyl (C=O) groups is 2. The normalized spacial score (nSPS) is 13.2. The second-order valence-corrected chi connectivity index (χ2v) is 5.19. The molecule has 7 nitrogen and oxygen atoms in total. The van der Waals surface area contributed by atoms with Crippen molar-refractivity contribution in [1.29, 1.82) is 0 Å². The number of carbonyl (C=O) groups excluding carboxylic acids is 2. The Labute approximate surface area is 138 Å². The predicted octanol–water partition coefficient (Wildman–Crippen LogP) is 1.67. The van der Waals surface area contributed by atoms with Crippen LogP contribution in [0.4, 0.5) is 0 Å². The molecular weight excluding hydrogens is 312 g/mol. The van der Waals surface area contributed by atoms with Crippen molar-refractivity contribution in [3.8, 4) is 11.5 Å². The highest BCUT2D eigenvalue weighted by molar-refractivity contribution is 5.92. The molecule has 2 aromatic rings. The largest absolute Gasteiger partial charge is 0.454 e. The molecule has 7 heteroatoms. The fourth-order valence-electron chi connectivity index (χ4n) is 2.15. The SMILES string of the molecule is C[C@@H](OC(=O)c1ccncc1)C(=O)NCc1ccc2c(c1)OCO2. The number of fused-ring (bicyclic) bond motifs is 1. The van der Waals surface area contributed by atoms with E-state index in [9.17, 15) is 9.59 Å². The van der Waals surface area contributed by atoms with Crippen LogP contribution in [-0.4, -0.2) is 29.8 Å². The van der Waals surface area contributed by atoms with E-state index in [0.717, 1.165) is 5.56 Å². The molecule has 1 aliphatic rings. The number of benzene rings is 1. The van der Waals surface area contributed by atoms with E-state index in [4.69, 9.17) is 14.2 Å². The van der Waals surface area contributed by atoms with Gasteiger partial charge in [-0.1, -0.05) is 6.07 Å². The zero-order valence-corrected chi connectivity index (χ0v) is 13.0. The first kappa shape index (κ1) is 15.8. The molecule has 2 heterocycles. The van der Waals surface area contributed by atoms with Gasteiger partial charge in [0.05, 0.1) is 5.56 Å². The van der Waals surface area contributed by atoms with Gasteiger partial charge in [-0.25, -0.2) is 4.79 Å². The lowest BCUT2D eigenvalue weighted by Gasteiger charge is -2.13. The van der Waals surface area contributed by atoms with E-state index < -0.39 is 12.1 Å². The van der Waals surface area contributed by atoms with Crippen LogP contribution < -0.4 is 14.8 Å².